The van der Waals surface area contributed by atoms with Crippen LogP contribution in [0.5, 0.6) is 0 Å². The van der Waals surface area contributed by atoms with E-state index in [-0.39, 0.29) is 35.9 Å². The molecule has 4 aliphatic rings. The van der Waals surface area contributed by atoms with Gasteiger partial charge in [0.25, 0.3) is 5.91 Å². The fraction of sp³-hybridized carbons (Fsp3) is 0.358. The molecule has 1 aliphatic carbocycles. The number of amides is 4. The predicted molar refractivity (Wildman–Crippen MR) is 256 cm³/mol. The fourth-order valence-corrected chi connectivity index (χ4v) is 11.4. The molecule has 6 atom stereocenters. The molecule has 11 rings (SSSR count). The Hall–Kier alpha value is -7.26. The van der Waals surface area contributed by atoms with Gasteiger partial charge in [-0.25, -0.2) is 19.6 Å². The van der Waals surface area contributed by atoms with Crippen LogP contribution in [0.25, 0.3) is 55.0 Å². The number of ether oxygens (including phenoxy) is 3. The van der Waals surface area contributed by atoms with Crippen molar-refractivity contribution in [1.29, 1.82) is 0 Å². The Bertz CT molecular complexity index is 3050. The molecule has 0 radical (unpaired) electrons. The highest BCUT2D eigenvalue weighted by Crippen LogP contribution is 2.50. The number of carbonyl (C=O) groups is 4. The van der Waals surface area contributed by atoms with Crippen molar-refractivity contribution in [2.24, 2.45) is 11.8 Å². The minimum Gasteiger partial charge on any atom is -0.453 e. The summed E-state index contributed by atoms with van der Waals surface area (Å²) in [6.45, 7) is 1.68. The highest BCUT2D eigenvalue weighted by molar-refractivity contribution is 6.06. The number of alkyl carbamates (subject to hydrolysis) is 2. The van der Waals surface area contributed by atoms with Gasteiger partial charge in [-0.05, 0) is 114 Å². The Labute approximate surface area is 392 Å². The summed E-state index contributed by atoms with van der Waals surface area (Å²) >= 11 is 0. The zero-order chi connectivity index (χ0) is 46.5. The van der Waals surface area contributed by atoms with Crippen molar-refractivity contribution in [3.8, 4) is 22.4 Å². The zero-order valence-corrected chi connectivity index (χ0v) is 38.1. The van der Waals surface area contributed by atoms with Crippen molar-refractivity contribution in [3.05, 3.63) is 120 Å². The van der Waals surface area contributed by atoms with Gasteiger partial charge in [0, 0.05) is 36.8 Å². The van der Waals surface area contributed by atoms with Crippen LogP contribution in [0.4, 0.5) is 9.59 Å². The van der Waals surface area contributed by atoms with Gasteiger partial charge in [-0.3, -0.25) is 9.59 Å². The summed E-state index contributed by atoms with van der Waals surface area (Å²) < 4.78 is 15.4. The number of benzene rings is 5. The number of fused-ring (bicyclic) bond motifs is 6. The molecular formula is C53H54N8O7. The Balaban J connectivity index is 0.818. The number of carbonyl (C=O) groups excluding carboxylic acids is 4. The molecule has 3 aliphatic heterocycles. The third-order valence-corrected chi connectivity index (χ3v) is 14.8. The summed E-state index contributed by atoms with van der Waals surface area (Å²) in [6.07, 6.45) is 6.46. The summed E-state index contributed by atoms with van der Waals surface area (Å²) in [5.41, 5.74) is 6.49. The number of piperidine rings is 1. The molecule has 7 aromatic rings. The maximum Gasteiger partial charge on any atom is 0.407 e. The number of H-pyrrole nitrogens is 2. The average molecular weight is 915 g/mol. The first kappa shape index (κ1) is 43.3. The van der Waals surface area contributed by atoms with E-state index in [1.54, 1.807) is 0 Å². The third kappa shape index (κ3) is 7.97. The van der Waals surface area contributed by atoms with Gasteiger partial charge in [-0.1, -0.05) is 72.8 Å². The second-order valence-corrected chi connectivity index (χ2v) is 18.6. The standard InChI is InChI=1S/C53H54N8O7/c1-66-52(64)58-44(30-7-4-3-5-8-30)50(62)60-22-6-9-43(60)48-55-41-19-16-36-26-35(15-18-40(36)46(41)57-48)32-10-11-34-27-37(13-12-33(34)25-32)42-29-54-49(56-42)47-38-14-17-39(28-38)61(47)51(63)45(59-53(65)67-2)31-20-23-68-24-21-31/h3-5,7-8,10-13,15-16,18-19,25-27,29,31,38-39,43-45,47H,6,9,14,17,20-24,28H2,1-2H3,(H,54,56)(H,55,57)(H,58,64)(H,59,65)/t38-,39+,43-,44+,45?,47-/m0/s1. The minimum absolute atomic E-state index is 0.0292. The van der Waals surface area contributed by atoms with E-state index < -0.39 is 24.3 Å². The number of likely N-dealkylation sites (tertiary alicyclic amines) is 2. The number of aromatic amines is 2. The first-order chi connectivity index (χ1) is 33.2. The van der Waals surface area contributed by atoms with E-state index in [2.05, 4.69) is 81.3 Å². The summed E-state index contributed by atoms with van der Waals surface area (Å²) in [5.74, 6) is 1.48. The van der Waals surface area contributed by atoms with Gasteiger partial charge in [0.05, 0.1) is 49.2 Å². The van der Waals surface area contributed by atoms with Gasteiger partial charge >= 0.3 is 12.2 Å². The molecular weight excluding hydrogens is 861 g/mol. The number of hydrogen-bond acceptors (Lipinski definition) is 9. The van der Waals surface area contributed by atoms with Gasteiger partial charge in [0.2, 0.25) is 5.91 Å². The monoisotopic (exact) mass is 914 g/mol. The lowest BCUT2D eigenvalue weighted by atomic mass is 9.89. The second-order valence-electron chi connectivity index (χ2n) is 18.6. The molecule has 4 N–H and O–H groups in total. The van der Waals surface area contributed by atoms with Crippen molar-refractivity contribution in [2.75, 3.05) is 34.0 Å². The largest absolute Gasteiger partial charge is 0.453 e. The molecule has 2 aromatic heterocycles. The number of rotatable bonds is 10. The number of hydrogen-bond donors (Lipinski definition) is 4. The molecule has 1 unspecified atom stereocenters. The fourth-order valence-electron chi connectivity index (χ4n) is 11.4. The molecule has 4 amide bonds. The molecule has 348 valence electrons. The average Bonchev–Trinajstić information content (AvgIpc) is 4.26. The normalized spacial score (nSPS) is 21.3. The van der Waals surface area contributed by atoms with Crippen LogP contribution >= 0.6 is 0 Å². The molecule has 68 heavy (non-hydrogen) atoms. The molecule has 5 heterocycles. The van der Waals surface area contributed by atoms with Crippen LogP contribution in [0.3, 0.4) is 0 Å². The SMILES string of the molecule is COC(=O)NC(C(=O)N1[C@@H]2CC[C@@H](C2)[C@H]1c1ncc(-c2ccc3cc(-c4ccc5c(ccc6[nH]c([C@@H]7CCCN7C(=O)[C@H](NC(=O)OC)c7ccccc7)nc65)c4)ccc3c2)[nH]1)C1CCOCC1. The van der Waals surface area contributed by atoms with Gasteiger partial charge < -0.3 is 44.6 Å². The van der Waals surface area contributed by atoms with Crippen molar-refractivity contribution in [3.63, 3.8) is 0 Å². The second kappa shape index (κ2) is 18.1. The van der Waals surface area contributed by atoms with Gasteiger partial charge in [-0.2, -0.15) is 0 Å². The summed E-state index contributed by atoms with van der Waals surface area (Å²) in [7, 11) is 2.62. The Morgan fingerprint density at radius 1 is 0.735 bits per heavy atom. The van der Waals surface area contributed by atoms with Crippen LogP contribution in [0.1, 0.15) is 80.3 Å². The minimum atomic E-state index is -0.889. The lowest BCUT2D eigenvalue weighted by molar-refractivity contribution is -0.140. The summed E-state index contributed by atoms with van der Waals surface area (Å²) in [6, 6.07) is 30.8. The number of nitrogens with zero attached hydrogens (tertiary/aromatic N) is 4. The first-order valence-corrected chi connectivity index (χ1v) is 23.7. The number of methoxy groups -OCH3 is 2. The lowest BCUT2D eigenvalue weighted by Crippen LogP contribution is -2.55. The van der Waals surface area contributed by atoms with Crippen LogP contribution in [0.15, 0.2) is 103 Å². The van der Waals surface area contributed by atoms with Crippen molar-refractivity contribution >= 4 is 56.6 Å². The molecule has 1 saturated carbocycles. The van der Waals surface area contributed by atoms with Crippen LogP contribution in [0, 0.1) is 11.8 Å². The van der Waals surface area contributed by atoms with E-state index in [0.717, 1.165) is 98.7 Å². The van der Waals surface area contributed by atoms with Crippen LogP contribution in [0.2, 0.25) is 0 Å². The van der Waals surface area contributed by atoms with Crippen molar-refractivity contribution in [2.45, 2.75) is 75.2 Å². The molecule has 0 spiro atoms. The number of nitrogens with one attached hydrogen (secondary N) is 4. The topological polar surface area (TPSA) is 184 Å². The highest BCUT2D eigenvalue weighted by atomic mass is 16.5. The van der Waals surface area contributed by atoms with E-state index in [9.17, 15) is 19.2 Å². The first-order valence-electron chi connectivity index (χ1n) is 23.7. The van der Waals surface area contributed by atoms with Gasteiger partial charge in [-0.15, -0.1) is 0 Å². The Morgan fingerprint density at radius 2 is 1.44 bits per heavy atom. The number of imidazole rings is 2. The van der Waals surface area contributed by atoms with Gasteiger partial charge in [0.1, 0.15) is 23.7 Å². The summed E-state index contributed by atoms with van der Waals surface area (Å²) in [4.78, 5) is 74.3. The lowest BCUT2D eigenvalue weighted by Gasteiger charge is -2.39. The highest BCUT2D eigenvalue weighted by Gasteiger charge is 2.52. The molecule has 3 saturated heterocycles. The third-order valence-electron chi connectivity index (χ3n) is 14.8. The maximum atomic E-state index is 14.4. The van der Waals surface area contributed by atoms with Crippen molar-refractivity contribution in [1.82, 2.24) is 40.4 Å². The molecule has 5 aromatic carbocycles. The molecule has 15 heteroatoms. The smallest absolute Gasteiger partial charge is 0.407 e. The van der Waals surface area contributed by atoms with Crippen LogP contribution in [-0.4, -0.2) is 99.8 Å². The Morgan fingerprint density at radius 3 is 2.22 bits per heavy atom. The maximum absolute atomic E-state index is 14.4. The van der Waals surface area contributed by atoms with E-state index in [0.29, 0.717) is 44.1 Å². The Kier molecular flexibility index (Phi) is 11.5. The van der Waals surface area contributed by atoms with Gasteiger partial charge in [0.15, 0.2) is 0 Å². The van der Waals surface area contributed by atoms with Crippen LogP contribution < -0.4 is 10.6 Å². The van der Waals surface area contributed by atoms with E-state index in [1.807, 2.05) is 52.4 Å². The molecule has 15 nitrogen and oxygen atoms in total. The summed E-state index contributed by atoms with van der Waals surface area (Å²) in [5, 5.41) is 9.89. The van der Waals surface area contributed by atoms with Crippen LogP contribution in [-0.2, 0) is 23.8 Å². The van der Waals surface area contributed by atoms with Crippen molar-refractivity contribution < 1.29 is 33.4 Å². The zero-order valence-electron chi connectivity index (χ0n) is 38.1. The van der Waals surface area contributed by atoms with E-state index >= 15 is 0 Å². The van der Waals surface area contributed by atoms with E-state index in [1.165, 1.54) is 14.2 Å². The van der Waals surface area contributed by atoms with E-state index in [4.69, 9.17) is 24.2 Å². The number of aromatic nitrogens is 4. The molecule has 4 fully saturated rings. The molecule has 2 bridgehead atoms. The predicted octanol–water partition coefficient (Wildman–Crippen LogP) is 8.89. The quantitative estimate of drug-likeness (QED) is 0.104.